The number of pyridine rings is 1. The summed E-state index contributed by atoms with van der Waals surface area (Å²) in [5, 5.41) is 11.2. The fourth-order valence-corrected chi connectivity index (χ4v) is 4.50. The molecule has 2 aromatic rings. The van der Waals surface area contributed by atoms with Crippen LogP contribution in [-0.2, 0) is 16.0 Å². The minimum absolute atomic E-state index is 0.0740. The van der Waals surface area contributed by atoms with E-state index < -0.39 is 17.7 Å². The van der Waals surface area contributed by atoms with Crippen LogP contribution >= 0.6 is 0 Å². The third kappa shape index (κ3) is 4.00. The zero-order valence-electron chi connectivity index (χ0n) is 18.7. The van der Waals surface area contributed by atoms with Gasteiger partial charge < -0.3 is 19.6 Å². The average Bonchev–Trinajstić information content (AvgIpc) is 3.30. The molecule has 0 radical (unpaired) electrons. The highest BCUT2D eigenvalue weighted by Gasteiger charge is 2.46. The molecule has 3 heterocycles. The zero-order chi connectivity index (χ0) is 22.8. The maximum Gasteiger partial charge on any atom is 0.295 e. The summed E-state index contributed by atoms with van der Waals surface area (Å²) in [6.07, 6.45) is 4.14. The van der Waals surface area contributed by atoms with Crippen molar-refractivity contribution in [3.05, 3.63) is 65.0 Å². The topological polar surface area (TPSA) is 83.0 Å². The summed E-state index contributed by atoms with van der Waals surface area (Å²) in [6.45, 7) is 8.86. The van der Waals surface area contributed by atoms with E-state index in [0.717, 1.165) is 30.6 Å². The first kappa shape index (κ1) is 22.0. The van der Waals surface area contributed by atoms with Gasteiger partial charge in [-0.2, -0.15) is 0 Å². The summed E-state index contributed by atoms with van der Waals surface area (Å²) in [4.78, 5) is 34.0. The molecule has 1 aromatic heterocycles. The van der Waals surface area contributed by atoms with Crippen LogP contribution in [0.25, 0.3) is 5.76 Å². The van der Waals surface area contributed by atoms with E-state index in [1.807, 2.05) is 13.0 Å². The van der Waals surface area contributed by atoms with Crippen molar-refractivity contribution in [1.82, 2.24) is 14.8 Å². The predicted molar refractivity (Wildman–Crippen MR) is 121 cm³/mol. The Morgan fingerprint density at radius 3 is 2.59 bits per heavy atom. The smallest absolute Gasteiger partial charge is 0.295 e. The van der Waals surface area contributed by atoms with E-state index in [4.69, 9.17) is 4.74 Å². The number of fused-ring (bicyclic) bond motifs is 1. The molecule has 7 heteroatoms. The molecule has 0 spiro atoms. The Hall–Kier alpha value is -3.19. The Morgan fingerprint density at radius 1 is 1.19 bits per heavy atom. The van der Waals surface area contributed by atoms with Crippen LogP contribution in [0.15, 0.2) is 48.3 Å². The van der Waals surface area contributed by atoms with E-state index in [0.29, 0.717) is 24.4 Å². The van der Waals surface area contributed by atoms with Gasteiger partial charge in [0.25, 0.3) is 11.7 Å². The molecule has 1 N–H and O–H groups in total. The number of Topliss-reactive ketones (excluding diaryl/α,β-unsaturated/α-hetero) is 1. The summed E-state index contributed by atoms with van der Waals surface area (Å²) in [5.74, 6) is -0.732. The molecule has 7 nitrogen and oxygen atoms in total. The molecule has 168 valence electrons. The Balaban J connectivity index is 1.76. The largest absolute Gasteiger partial charge is 0.507 e. The molecule has 0 saturated carbocycles. The molecule has 1 saturated heterocycles. The van der Waals surface area contributed by atoms with Crippen molar-refractivity contribution in [2.24, 2.45) is 0 Å². The number of aromatic nitrogens is 1. The van der Waals surface area contributed by atoms with Crippen LogP contribution in [0, 0.1) is 0 Å². The van der Waals surface area contributed by atoms with Gasteiger partial charge in [0.05, 0.1) is 11.6 Å². The molecular weight excluding hydrogens is 406 g/mol. The van der Waals surface area contributed by atoms with Gasteiger partial charge in [0, 0.05) is 37.5 Å². The number of benzene rings is 1. The van der Waals surface area contributed by atoms with E-state index in [9.17, 15) is 14.7 Å². The minimum atomic E-state index is -0.668. The van der Waals surface area contributed by atoms with Crippen molar-refractivity contribution in [3.8, 4) is 5.75 Å². The number of ketones is 1. The van der Waals surface area contributed by atoms with Gasteiger partial charge in [-0.25, -0.2) is 0 Å². The quantitative estimate of drug-likeness (QED) is 0.409. The van der Waals surface area contributed by atoms with E-state index in [1.165, 1.54) is 0 Å². The number of amides is 1. The molecule has 2 aliphatic heterocycles. The summed E-state index contributed by atoms with van der Waals surface area (Å²) in [6, 6.07) is 8.33. The maximum atomic E-state index is 13.1. The third-order valence-electron chi connectivity index (χ3n) is 6.29. The lowest BCUT2D eigenvalue weighted by atomic mass is 9.95. The first-order chi connectivity index (χ1) is 15.4. The lowest BCUT2D eigenvalue weighted by Crippen LogP contribution is -2.38. The van der Waals surface area contributed by atoms with Crippen LogP contribution in [0.3, 0.4) is 0 Å². The number of aliphatic hydroxyl groups excluding tert-OH is 1. The number of carbonyl (C=O) groups is 2. The molecule has 1 aromatic carbocycles. The molecule has 0 aliphatic carbocycles. The molecule has 4 rings (SSSR count). The fourth-order valence-electron chi connectivity index (χ4n) is 4.50. The van der Waals surface area contributed by atoms with Crippen molar-refractivity contribution < 1.29 is 19.4 Å². The van der Waals surface area contributed by atoms with Crippen molar-refractivity contribution in [1.29, 1.82) is 0 Å². The zero-order valence-corrected chi connectivity index (χ0v) is 18.7. The molecular formula is C25H29N3O4. The van der Waals surface area contributed by atoms with E-state index in [2.05, 4.69) is 23.7 Å². The predicted octanol–water partition coefficient (Wildman–Crippen LogP) is 3.17. The van der Waals surface area contributed by atoms with Crippen molar-refractivity contribution in [2.45, 2.75) is 39.3 Å². The second-order valence-corrected chi connectivity index (χ2v) is 8.26. The number of carbonyl (C=O) groups excluding carboxylic acids is 2. The maximum absolute atomic E-state index is 13.1. The number of likely N-dealkylation sites (tertiary alicyclic amines) is 1. The number of aliphatic hydroxyl groups is 1. The van der Waals surface area contributed by atoms with Crippen LogP contribution in [0.4, 0.5) is 0 Å². The Bertz CT molecular complexity index is 1050. The van der Waals surface area contributed by atoms with Gasteiger partial charge in [0.2, 0.25) is 0 Å². The van der Waals surface area contributed by atoms with Gasteiger partial charge in [-0.15, -0.1) is 0 Å². The van der Waals surface area contributed by atoms with Crippen molar-refractivity contribution in [3.63, 3.8) is 0 Å². The number of rotatable bonds is 7. The van der Waals surface area contributed by atoms with Crippen LogP contribution in [-0.4, -0.2) is 63.9 Å². The highest BCUT2D eigenvalue weighted by atomic mass is 16.5. The average molecular weight is 436 g/mol. The molecule has 2 atom stereocenters. The van der Waals surface area contributed by atoms with E-state index in [-0.39, 0.29) is 17.4 Å². The van der Waals surface area contributed by atoms with Crippen molar-refractivity contribution >= 4 is 17.4 Å². The highest BCUT2D eigenvalue weighted by molar-refractivity contribution is 6.46. The van der Waals surface area contributed by atoms with Gasteiger partial charge in [-0.05, 0) is 49.3 Å². The number of hydrogen-bond acceptors (Lipinski definition) is 6. The van der Waals surface area contributed by atoms with Gasteiger partial charge in [0.15, 0.2) is 0 Å². The van der Waals surface area contributed by atoms with Crippen LogP contribution < -0.4 is 4.74 Å². The summed E-state index contributed by atoms with van der Waals surface area (Å²) < 4.78 is 5.82. The lowest BCUT2D eigenvalue weighted by molar-refractivity contribution is -0.140. The van der Waals surface area contributed by atoms with Crippen LogP contribution in [0.2, 0.25) is 0 Å². The molecule has 1 fully saturated rings. The van der Waals surface area contributed by atoms with E-state index in [1.54, 1.807) is 41.6 Å². The highest BCUT2D eigenvalue weighted by Crippen LogP contribution is 2.40. The number of likely N-dealkylation sites (N-methyl/N-ethyl adjacent to an activating group) is 1. The minimum Gasteiger partial charge on any atom is -0.507 e. The molecule has 2 unspecified atom stereocenters. The van der Waals surface area contributed by atoms with E-state index >= 15 is 0 Å². The molecule has 0 bridgehead atoms. The summed E-state index contributed by atoms with van der Waals surface area (Å²) in [7, 11) is 0. The second-order valence-electron chi connectivity index (χ2n) is 8.26. The monoisotopic (exact) mass is 435 g/mol. The van der Waals surface area contributed by atoms with Crippen LogP contribution in [0.5, 0.6) is 5.75 Å². The molecule has 1 amide bonds. The first-order valence-electron chi connectivity index (χ1n) is 11.1. The Kier molecular flexibility index (Phi) is 6.28. The second kappa shape index (κ2) is 9.12. The first-order valence-corrected chi connectivity index (χ1v) is 11.1. The SMILES string of the molecule is CCN(CC)CCN1C(=O)C(=O)/C(=C(/O)c2ccc3c(c2)OC(C)C3)C1c1ccncc1. The third-order valence-corrected chi connectivity index (χ3v) is 6.29. The normalized spacial score (nSPS) is 21.8. The molecule has 32 heavy (non-hydrogen) atoms. The summed E-state index contributed by atoms with van der Waals surface area (Å²) in [5.41, 5.74) is 2.39. The number of nitrogens with zero attached hydrogens (tertiary/aromatic N) is 3. The van der Waals surface area contributed by atoms with Crippen LogP contribution in [0.1, 0.15) is 43.5 Å². The molecule has 2 aliphatic rings. The fraction of sp³-hybridized carbons (Fsp3) is 0.400. The van der Waals surface area contributed by atoms with Crippen molar-refractivity contribution in [2.75, 3.05) is 26.2 Å². The van der Waals surface area contributed by atoms with Gasteiger partial charge >= 0.3 is 0 Å². The summed E-state index contributed by atoms with van der Waals surface area (Å²) >= 11 is 0. The van der Waals surface area contributed by atoms with Gasteiger partial charge in [-0.3, -0.25) is 14.6 Å². The Labute approximate surface area is 188 Å². The van der Waals surface area contributed by atoms with Gasteiger partial charge in [0.1, 0.15) is 17.6 Å². The number of hydrogen-bond donors (Lipinski definition) is 1. The Morgan fingerprint density at radius 2 is 1.91 bits per heavy atom. The standard InChI is InChI=1S/C25H29N3O4/c1-4-27(5-2)12-13-28-22(17-8-10-26-11-9-17)21(24(30)25(28)31)23(29)19-7-6-18-14-16(3)32-20(18)15-19/h6-11,15-16,22,29H,4-5,12-14H2,1-3H3/b23-21+. The van der Waals surface area contributed by atoms with Gasteiger partial charge in [-0.1, -0.05) is 26.0 Å². The lowest BCUT2D eigenvalue weighted by Gasteiger charge is -2.28. The number of ether oxygens (including phenoxy) is 1.